The van der Waals surface area contributed by atoms with Gasteiger partial charge in [0.25, 0.3) is 0 Å². The number of nitrogens with one attached hydrogen (secondary N) is 2. The van der Waals surface area contributed by atoms with Crippen molar-refractivity contribution < 1.29 is 9.47 Å². The Balaban J connectivity index is 1.48. The molecule has 0 amide bonds. The first-order valence-electron chi connectivity index (χ1n) is 11.0. The van der Waals surface area contributed by atoms with Crippen molar-refractivity contribution >= 4 is 16.9 Å². The number of aromatic amines is 1. The Hall–Kier alpha value is -3.55. The standard InChI is InChI=1S/C24H28N6O2/c1-14(2)22(16-5-6-20-21(9-16)32-8-7-31-20)29-24-18-10-19(28-23(18)25-13-26-24)17-11-27-30(12-17)15(3)4/h5-6,9-15,22H,7-8H2,1-4H3,(H2,25,26,28,29)/t22-/m1/s1. The smallest absolute Gasteiger partial charge is 0.161 e. The number of anilines is 1. The van der Waals surface area contributed by atoms with Gasteiger partial charge in [-0.05, 0) is 43.5 Å². The lowest BCUT2D eigenvalue weighted by Crippen LogP contribution is -2.19. The Morgan fingerprint density at radius 3 is 2.59 bits per heavy atom. The minimum absolute atomic E-state index is 0.0472. The van der Waals surface area contributed by atoms with Crippen LogP contribution in [-0.4, -0.2) is 37.9 Å². The molecule has 4 aromatic rings. The largest absolute Gasteiger partial charge is 0.486 e. The van der Waals surface area contributed by atoms with Crippen molar-refractivity contribution in [2.75, 3.05) is 18.5 Å². The number of rotatable bonds is 6. The van der Waals surface area contributed by atoms with E-state index in [9.17, 15) is 0 Å². The van der Waals surface area contributed by atoms with Crippen LogP contribution in [-0.2, 0) is 0 Å². The summed E-state index contributed by atoms with van der Waals surface area (Å²) in [6.45, 7) is 9.76. The van der Waals surface area contributed by atoms with E-state index in [-0.39, 0.29) is 6.04 Å². The predicted molar refractivity (Wildman–Crippen MR) is 124 cm³/mol. The quantitative estimate of drug-likeness (QED) is 0.446. The van der Waals surface area contributed by atoms with Crippen LogP contribution in [0.2, 0.25) is 0 Å². The van der Waals surface area contributed by atoms with Crippen molar-refractivity contribution in [1.29, 1.82) is 0 Å². The molecule has 32 heavy (non-hydrogen) atoms. The highest BCUT2D eigenvalue weighted by Crippen LogP contribution is 2.36. The summed E-state index contributed by atoms with van der Waals surface area (Å²) in [6, 6.07) is 8.58. The lowest BCUT2D eigenvalue weighted by molar-refractivity contribution is 0.171. The van der Waals surface area contributed by atoms with E-state index in [1.807, 2.05) is 23.1 Å². The minimum atomic E-state index is 0.0472. The van der Waals surface area contributed by atoms with Crippen LogP contribution >= 0.6 is 0 Å². The van der Waals surface area contributed by atoms with Gasteiger partial charge >= 0.3 is 0 Å². The first-order valence-corrected chi connectivity index (χ1v) is 11.0. The molecular formula is C24H28N6O2. The zero-order chi connectivity index (χ0) is 22.2. The Morgan fingerprint density at radius 2 is 1.84 bits per heavy atom. The Morgan fingerprint density at radius 1 is 1.03 bits per heavy atom. The minimum Gasteiger partial charge on any atom is -0.486 e. The van der Waals surface area contributed by atoms with Gasteiger partial charge in [-0.3, -0.25) is 4.68 Å². The Kier molecular flexibility index (Phi) is 5.20. The summed E-state index contributed by atoms with van der Waals surface area (Å²) in [6.07, 6.45) is 5.50. The first-order chi connectivity index (χ1) is 15.5. The molecule has 5 rings (SSSR count). The van der Waals surface area contributed by atoms with Gasteiger partial charge in [0.1, 0.15) is 31.0 Å². The highest BCUT2D eigenvalue weighted by atomic mass is 16.6. The highest BCUT2D eigenvalue weighted by Gasteiger charge is 2.21. The molecule has 8 nitrogen and oxygen atoms in total. The zero-order valence-corrected chi connectivity index (χ0v) is 18.8. The third kappa shape index (κ3) is 3.77. The summed E-state index contributed by atoms with van der Waals surface area (Å²) >= 11 is 0. The molecular weight excluding hydrogens is 404 g/mol. The molecule has 0 radical (unpaired) electrons. The van der Waals surface area contributed by atoms with Gasteiger partial charge in [-0.1, -0.05) is 19.9 Å². The maximum Gasteiger partial charge on any atom is 0.161 e. The van der Waals surface area contributed by atoms with Gasteiger partial charge in [0.2, 0.25) is 0 Å². The fraction of sp³-hybridized carbons (Fsp3) is 0.375. The number of H-pyrrole nitrogens is 1. The highest BCUT2D eigenvalue weighted by molar-refractivity contribution is 5.91. The maximum atomic E-state index is 5.79. The van der Waals surface area contributed by atoms with E-state index in [0.717, 1.165) is 45.2 Å². The number of benzene rings is 1. The fourth-order valence-corrected chi connectivity index (χ4v) is 4.01. The molecule has 1 aromatic carbocycles. The average Bonchev–Trinajstić information content (AvgIpc) is 3.44. The van der Waals surface area contributed by atoms with Crippen molar-refractivity contribution in [2.45, 2.75) is 39.8 Å². The molecule has 166 valence electrons. The Labute approximate surface area is 187 Å². The SMILES string of the molecule is CC(C)[C@@H](Nc1ncnc2[nH]c(-c3cnn(C(C)C)c3)cc12)c1ccc2c(c1)OCCO2. The van der Waals surface area contributed by atoms with Crippen molar-refractivity contribution in [2.24, 2.45) is 5.92 Å². The molecule has 0 unspecified atom stereocenters. The van der Waals surface area contributed by atoms with Crippen molar-refractivity contribution in [3.05, 3.63) is 48.5 Å². The lowest BCUT2D eigenvalue weighted by Gasteiger charge is -2.26. The van der Waals surface area contributed by atoms with Crippen LogP contribution in [0.3, 0.4) is 0 Å². The summed E-state index contributed by atoms with van der Waals surface area (Å²) in [5, 5.41) is 9.05. The van der Waals surface area contributed by atoms with Gasteiger partial charge in [-0.25, -0.2) is 9.97 Å². The zero-order valence-electron chi connectivity index (χ0n) is 18.8. The molecule has 0 fully saturated rings. The van der Waals surface area contributed by atoms with E-state index >= 15 is 0 Å². The summed E-state index contributed by atoms with van der Waals surface area (Å²) in [4.78, 5) is 12.4. The summed E-state index contributed by atoms with van der Waals surface area (Å²) < 4.78 is 13.4. The second kappa shape index (κ2) is 8.18. The first kappa shape index (κ1) is 20.4. The van der Waals surface area contributed by atoms with E-state index in [0.29, 0.717) is 25.2 Å². The normalized spacial score (nSPS) is 14.3. The third-order valence-electron chi connectivity index (χ3n) is 5.75. The van der Waals surface area contributed by atoms with E-state index < -0.39 is 0 Å². The van der Waals surface area contributed by atoms with Gasteiger partial charge < -0.3 is 19.8 Å². The number of nitrogens with zero attached hydrogens (tertiary/aromatic N) is 4. The summed E-state index contributed by atoms with van der Waals surface area (Å²) in [5.41, 5.74) is 3.91. The second-order valence-corrected chi connectivity index (χ2v) is 8.74. The number of ether oxygens (including phenoxy) is 2. The van der Waals surface area contributed by atoms with Gasteiger partial charge in [-0.2, -0.15) is 5.10 Å². The molecule has 0 saturated heterocycles. The number of aromatic nitrogens is 5. The van der Waals surface area contributed by atoms with Gasteiger partial charge in [0.05, 0.1) is 23.3 Å². The second-order valence-electron chi connectivity index (χ2n) is 8.74. The number of hydrogen-bond donors (Lipinski definition) is 2. The molecule has 1 aliphatic heterocycles. The molecule has 1 aliphatic rings. The van der Waals surface area contributed by atoms with Crippen LogP contribution in [0.1, 0.15) is 45.3 Å². The van der Waals surface area contributed by atoms with Crippen LogP contribution in [0.15, 0.2) is 43.0 Å². The van der Waals surface area contributed by atoms with Gasteiger partial charge in [0.15, 0.2) is 11.5 Å². The molecule has 1 atom stereocenters. The van der Waals surface area contributed by atoms with Gasteiger partial charge in [-0.15, -0.1) is 0 Å². The monoisotopic (exact) mass is 432 g/mol. The summed E-state index contributed by atoms with van der Waals surface area (Å²) in [5.74, 6) is 2.71. The van der Waals surface area contributed by atoms with Crippen molar-refractivity contribution in [3.8, 4) is 22.8 Å². The van der Waals surface area contributed by atoms with Crippen LogP contribution < -0.4 is 14.8 Å². The number of fused-ring (bicyclic) bond motifs is 2. The Bertz CT molecular complexity index is 1240. The topological polar surface area (TPSA) is 89.9 Å². The molecule has 0 aliphatic carbocycles. The molecule has 3 aromatic heterocycles. The maximum absolute atomic E-state index is 5.79. The van der Waals surface area contributed by atoms with E-state index in [1.165, 1.54) is 0 Å². The van der Waals surface area contributed by atoms with Crippen LogP contribution in [0.4, 0.5) is 5.82 Å². The lowest BCUT2D eigenvalue weighted by atomic mass is 9.95. The van der Waals surface area contributed by atoms with Crippen LogP contribution in [0.5, 0.6) is 11.5 Å². The molecule has 0 bridgehead atoms. The van der Waals surface area contributed by atoms with E-state index in [1.54, 1.807) is 6.33 Å². The van der Waals surface area contributed by atoms with E-state index in [2.05, 4.69) is 71.3 Å². The van der Waals surface area contributed by atoms with Crippen molar-refractivity contribution in [3.63, 3.8) is 0 Å². The predicted octanol–water partition coefficient (Wildman–Crippen LogP) is 4.98. The average molecular weight is 433 g/mol. The molecule has 8 heteroatoms. The van der Waals surface area contributed by atoms with E-state index in [4.69, 9.17) is 9.47 Å². The molecule has 0 spiro atoms. The van der Waals surface area contributed by atoms with Gasteiger partial charge in [0, 0.05) is 17.8 Å². The molecule has 0 saturated carbocycles. The number of hydrogen-bond acceptors (Lipinski definition) is 6. The van der Waals surface area contributed by atoms with Crippen molar-refractivity contribution in [1.82, 2.24) is 24.7 Å². The third-order valence-corrected chi connectivity index (χ3v) is 5.75. The molecule has 4 heterocycles. The van der Waals surface area contributed by atoms with Crippen LogP contribution in [0, 0.1) is 5.92 Å². The van der Waals surface area contributed by atoms with Crippen LogP contribution in [0.25, 0.3) is 22.3 Å². The molecule has 2 N–H and O–H groups in total. The summed E-state index contributed by atoms with van der Waals surface area (Å²) in [7, 11) is 0. The fourth-order valence-electron chi connectivity index (χ4n) is 4.01.